The van der Waals surface area contributed by atoms with Gasteiger partial charge in [0.15, 0.2) is 5.78 Å². The highest BCUT2D eigenvalue weighted by Crippen LogP contribution is 2.33. The zero-order valence-electron chi connectivity index (χ0n) is 19.8. The van der Waals surface area contributed by atoms with Gasteiger partial charge in [-0.1, -0.05) is 43.0 Å². The average molecular weight is 512 g/mol. The van der Waals surface area contributed by atoms with E-state index in [0.717, 1.165) is 21.9 Å². The number of carbonyl (C=O) groups is 2. The number of ketones is 1. The summed E-state index contributed by atoms with van der Waals surface area (Å²) in [5.74, 6) is -0.560. The van der Waals surface area contributed by atoms with Crippen molar-refractivity contribution in [2.24, 2.45) is 0 Å². The van der Waals surface area contributed by atoms with Gasteiger partial charge in [0, 0.05) is 19.0 Å². The molecule has 10 heteroatoms. The van der Waals surface area contributed by atoms with Gasteiger partial charge in [0.05, 0.1) is 17.6 Å². The Kier molecular flexibility index (Phi) is 8.14. The summed E-state index contributed by atoms with van der Waals surface area (Å²) in [6, 6.07) is 8.66. The van der Waals surface area contributed by atoms with Crippen LogP contribution in [0.15, 0.2) is 34.0 Å². The lowest BCUT2D eigenvalue weighted by molar-refractivity contribution is -0.122. The van der Waals surface area contributed by atoms with Gasteiger partial charge in [0.1, 0.15) is 21.7 Å². The first-order valence-electron chi connectivity index (χ1n) is 10.9. The topological polar surface area (TPSA) is 113 Å². The molecule has 0 radical (unpaired) electrons. The molecule has 1 aliphatic rings. The van der Waals surface area contributed by atoms with Gasteiger partial charge in [-0.2, -0.15) is 5.26 Å². The molecule has 1 aromatic carbocycles. The third-order valence-electron chi connectivity index (χ3n) is 5.91. The normalized spacial score (nSPS) is 15.4. The zero-order valence-corrected chi connectivity index (χ0v) is 21.5. The molecule has 2 aromatic rings. The van der Waals surface area contributed by atoms with Crippen LogP contribution < -0.4 is 10.3 Å². The van der Waals surface area contributed by atoms with Crippen LogP contribution in [-0.4, -0.2) is 44.2 Å². The molecule has 1 aromatic heterocycles. The molecule has 1 aliphatic heterocycles. The molecule has 0 aliphatic carbocycles. The summed E-state index contributed by atoms with van der Waals surface area (Å²) in [6.07, 6.45) is 2.10. The number of benzene rings is 1. The van der Waals surface area contributed by atoms with Crippen LogP contribution in [0.2, 0.25) is 0 Å². The smallest absolute Gasteiger partial charge is 0.271 e. The van der Waals surface area contributed by atoms with E-state index in [1.54, 1.807) is 32.2 Å². The van der Waals surface area contributed by atoms with Gasteiger partial charge < -0.3 is 9.84 Å². The summed E-state index contributed by atoms with van der Waals surface area (Å²) in [7, 11) is 1.57. The van der Waals surface area contributed by atoms with Gasteiger partial charge in [-0.25, -0.2) is 0 Å². The zero-order chi connectivity index (χ0) is 25.9. The minimum atomic E-state index is -0.631. The first-order chi connectivity index (χ1) is 16.6. The summed E-state index contributed by atoms with van der Waals surface area (Å²) in [6.45, 7) is 5.03. The summed E-state index contributed by atoms with van der Waals surface area (Å²) in [4.78, 5) is 40.5. The van der Waals surface area contributed by atoms with Crippen LogP contribution in [0.1, 0.15) is 59.8 Å². The lowest BCUT2D eigenvalue weighted by atomic mass is 9.99. The van der Waals surface area contributed by atoms with Gasteiger partial charge in [0.25, 0.3) is 11.5 Å². The molecule has 182 valence electrons. The van der Waals surface area contributed by atoms with Crippen molar-refractivity contribution < 1.29 is 19.4 Å². The predicted molar refractivity (Wildman–Crippen MR) is 139 cm³/mol. The molecule has 1 amide bonds. The number of amides is 1. The number of ether oxygens (including phenoxy) is 1. The Bertz CT molecular complexity index is 1320. The molecular formula is C25H25N3O5S2. The number of thiocarbonyl (C=S) groups is 1. The maximum absolute atomic E-state index is 13.1. The van der Waals surface area contributed by atoms with Crippen LogP contribution >= 0.6 is 24.0 Å². The number of nitriles is 1. The quantitative estimate of drug-likeness (QED) is 0.319. The van der Waals surface area contributed by atoms with E-state index in [-0.39, 0.29) is 35.6 Å². The molecule has 0 bridgehead atoms. The van der Waals surface area contributed by atoms with E-state index in [1.165, 1.54) is 11.8 Å². The third kappa shape index (κ3) is 5.16. The second-order valence-corrected chi connectivity index (χ2v) is 9.70. The number of aromatic nitrogens is 1. The number of thioether (sulfide) groups is 1. The molecular weight excluding hydrogens is 486 g/mol. The van der Waals surface area contributed by atoms with Crippen molar-refractivity contribution >= 4 is 46.1 Å². The van der Waals surface area contributed by atoms with Crippen molar-refractivity contribution in [3.63, 3.8) is 0 Å². The van der Waals surface area contributed by atoms with Crippen LogP contribution in [0.5, 0.6) is 11.6 Å². The number of pyridine rings is 1. The molecule has 35 heavy (non-hydrogen) atoms. The maximum atomic E-state index is 13.1. The van der Waals surface area contributed by atoms with Crippen molar-refractivity contribution in [1.29, 1.82) is 5.26 Å². The van der Waals surface area contributed by atoms with Crippen molar-refractivity contribution in [2.45, 2.75) is 39.7 Å². The van der Waals surface area contributed by atoms with E-state index in [2.05, 4.69) is 0 Å². The van der Waals surface area contributed by atoms with Crippen molar-refractivity contribution in [3.8, 4) is 17.7 Å². The second-order valence-electron chi connectivity index (χ2n) is 8.02. The summed E-state index contributed by atoms with van der Waals surface area (Å²) in [5, 5.41) is 20.3. The Morgan fingerprint density at radius 1 is 1.31 bits per heavy atom. The Hall–Kier alpha value is -3.42. The van der Waals surface area contributed by atoms with E-state index >= 15 is 0 Å². The molecule has 1 N–H and O–H groups in total. The van der Waals surface area contributed by atoms with Crippen molar-refractivity contribution in [2.75, 3.05) is 13.7 Å². The van der Waals surface area contributed by atoms with Gasteiger partial charge in [0.2, 0.25) is 5.88 Å². The second kappa shape index (κ2) is 10.9. The number of aromatic hydroxyl groups is 1. The highest BCUT2D eigenvalue weighted by atomic mass is 32.2. The van der Waals surface area contributed by atoms with Gasteiger partial charge >= 0.3 is 0 Å². The third-order valence-corrected chi connectivity index (χ3v) is 7.28. The lowest BCUT2D eigenvalue weighted by Crippen LogP contribution is -2.32. The van der Waals surface area contributed by atoms with Crippen LogP contribution in [-0.2, 0) is 4.79 Å². The molecule has 0 saturated carbocycles. The number of Topliss-reactive ketones (excluding diaryl/α,β-unsaturated/α-hetero) is 1. The first kappa shape index (κ1) is 26.2. The number of nitrogens with zero attached hydrogens (tertiary/aromatic N) is 3. The highest BCUT2D eigenvalue weighted by molar-refractivity contribution is 8.26. The van der Waals surface area contributed by atoms with Crippen molar-refractivity contribution in [1.82, 2.24) is 9.47 Å². The first-order valence-corrected chi connectivity index (χ1v) is 12.2. The summed E-state index contributed by atoms with van der Waals surface area (Å²) >= 11 is 6.50. The van der Waals surface area contributed by atoms with E-state index < -0.39 is 23.3 Å². The highest BCUT2D eigenvalue weighted by Gasteiger charge is 2.33. The van der Waals surface area contributed by atoms with Crippen molar-refractivity contribution in [3.05, 3.63) is 61.8 Å². The minimum Gasteiger partial charge on any atom is -0.497 e. The van der Waals surface area contributed by atoms with E-state index in [1.807, 2.05) is 25.1 Å². The largest absolute Gasteiger partial charge is 0.497 e. The fourth-order valence-electron chi connectivity index (χ4n) is 3.73. The summed E-state index contributed by atoms with van der Waals surface area (Å²) in [5.41, 5.74) is 0.0396. The van der Waals surface area contributed by atoms with Crippen LogP contribution in [0.4, 0.5) is 0 Å². The molecule has 8 nitrogen and oxygen atoms in total. The fourth-order valence-corrected chi connectivity index (χ4v) is 5.04. The Morgan fingerprint density at radius 3 is 2.54 bits per heavy atom. The molecule has 1 saturated heterocycles. The molecule has 1 unspecified atom stereocenters. The Labute approximate surface area is 212 Å². The molecule has 3 rings (SSSR count). The van der Waals surface area contributed by atoms with Crippen LogP contribution in [0.25, 0.3) is 6.08 Å². The number of hydrogen-bond acceptors (Lipinski definition) is 8. The number of carbonyl (C=O) groups excluding carboxylic acids is 2. The molecule has 2 heterocycles. The molecule has 1 atom stereocenters. The maximum Gasteiger partial charge on any atom is 0.271 e. The monoisotopic (exact) mass is 511 g/mol. The SMILES string of the molecule is CCC(C)n1c(O)c(C(=O)CCN2C(=O)/C(=C/c3ccc(OC)cc3)SC2=S)c(C)c(C#N)c1=O. The van der Waals surface area contributed by atoms with Gasteiger partial charge in [-0.05, 0) is 49.6 Å². The van der Waals surface area contributed by atoms with E-state index in [4.69, 9.17) is 17.0 Å². The Morgan fingerprint density at radius 2 is 1.97 bits per heavy atom. The number of hydrogen-bond donors (Lipinski definition) is 1. The Balaban J connectivity index is 1.84. The fraction of sp³-hybridized carbons (Fsp3) is 0.320. The van der Waals surface area contributed by atoms with Crippen LogP contribution in [0.3, 0.4) is 0 Å². The lowest BCUT2D eigenvalue weighted by Gasteiger charge is -2.20. The van der Waals surface area contributed by atoms with Gasteiger partial charge in [-0.3, -0.25) is 23.9 Å². The number of rotatable bonds is 8. The van der Waals surface area contributed by atoms with Gasteiger partial charge in [-0.15, -0.1) is 0 Å². The van der Waals surface area contributed by atoms with Crippen LogP contribution in [0, 0.1) is 18.3 Å². The number of methoxy groups -OCH3 is 1. The average Bonchev–Trinajstić information content (AvgIpc) is 3.10. The van der Waals surface area contributed by atoms with E-state index in [9.17, 15) is 24.8 Å². The van der Waals surface area contributed by atoms with E-state index in [0.29, 0.717) is 21.4 Å². The predicted octanol–water partition coefficient (Wildman–Crippen LogP) is 4.19. The summed E-state index contributed by atoms with van der Waals surface area (Å²) < 4.78 is 6.55. The minimum absolute atomic E-state index is 0.00662. The standard InChI is InChI=1S/C25H25N3O5S2/c1-5-14(2)28-22(30)18(13-26)15(3)21(24(28)32)19(29)10-11-27-23(31)20(35-25(27)34)12-16-6-8-17(33-4)9-7-16/h6-9,12,14,32H,5,10-11H2,1-4H3/b20-12-. The molecule has 1 fully saturated rings. The molecule has 0 spiro atoms.